The van der Waals surface area contributed by atoms with Crippen molar-refractivity contribution in [1.29, 1.82) is 0 Å². The summed E-state index contributed by atoms with van der Waals surface area (Å²) < 4.78 is 38.2. The van der Waals surface area contributed by atoms with Crippen LogP contribution >= 0.6 is 0 Å². The van der Waals surface area contributed by atoms with E-state index >= 15 is 0 Å². The number of ether oxygens (including phenoxy) is 2. The molecule has 4 aromatic carbocycles. The fraction of sp³-hybridized carbons (Fsp3) is 0.194. The molecule has 0 aliphatic heterocycles. The van der Waals surface area contributed by atoms with E-state index in [4.69, 9.17) is 9.47 Å². The second-order valence-electron chi connectivity index (χ2n) is 10.9. The van der Waals surface area contributed by atoms with Crippen LogP contribution in [0, 0.1) is 11.6 Å². The minimum Gasteiger partial charge on any atom is -0.505 e. The molecule has 0 saturated heterocycles. The Labute approximate surface area is 292 Å². The van der Waals surface area contributed by atoms with Crippen molar-refractivity contribution >= 4 is 41.0 Å². The van der Waals surface area contributed by atoms with Crippen LogP contribution in [0.2, 0.25) is 0 Å². The van der Waals surface area contributed by atoms with Crippen LogP contribution in [0.15, 0.2) is 97.1 Å². The van der Waals surface area contributed by atoms with Gasteiger partial charge >= 0.3 is 0 Å². The monoisotopic (exact) mass is 698 g/mol. The van der Waals surface area contributed by atoms with Crippen molar-refractivity contribution in [1.82, 2.24) is 25.6 Å². The molecule has 0 fully saturated rings. The number of aromatic hydroxyl groups is 1. The van der Waals surface area contributed by atoms with Crippen LogP contribution in [-0.4, -0.2) is 71.4 Å². The van der Waals surface area contributed by atoms with E-state index in [1.807, 2.05) is 6.07 Å². The van der Waals surface area contributed by atoms with Gasteiger partial charge < -0.3 is 41.2 Å². The zero-order chi connectivity index (χ0) is 35.8. The first-order valence-corrected chi connectivity index (χ1v) is 16.0. The molecule has 0 saturated carbocycles. The molecule has 0 spiro atoms. The van der Waals surface area contributed by atoms with Gasteiger partial charge in [-0.3, -0.25) is 9.59 Å². The van der Waals surface area contributed by atoms with Crippen molar-refractivity contribution in [3.63, 3.8) is 0 Å². The summed E-state index contributed by atoms with van der Waals surface area (Å²) in [5, 5.41) is 24.2. The summed E-state index contributed by atoms with van der Waals surface area (Å²) in [5.41, 5.74) is 2.64. The van der Waals surface area contributed by atoms with Gasteiger partial charge in [-0.1, -0.05) is 30.3 Å². The summed E-state index contributed by atoms with van der Waals surface area (Å²) in [6, 6.07) is 25.2. The zero-order valence-corrected chi connectivity index (χ0v) is 27.4. The van der Waals surface area contributed by atoms with E-state index in [0.717, 1.165) is 11.6 Å². The highest BCUT2D eigenvalue weighted by molar-refractivity contribution is 5.94. The average Bonchev–Trinajstić information content (AvgIpc) is 3.14. The Morgan fingerprint density at radius 1 is 0.627 bits per heavy atom. The molecule has 13 nitrogen and oxygen atoms in total. The van der Waals surface area contributed by atoms with Crippen LogP contribution in [0.25, 0.3) is 0 Å². The van der Waals surface area contributed by atoms with Crippen molar-refractivity contribution in [3.8, 4) is 5.75 Å². The maximum absolute atomic E-state index is 14.0. The van der Waals surface area contributed by atoms with Crippen LogP contribution in [0.1, 0.15) is 26.3 Å². The standard InChI is InChI=1S/C36H36F2N8O5/c37-27-10-6-24(7-11-27)23-41-33(49)26-8-12-28(13-9-26)42-35-44-34(45-36(46-35)43-29-14-15-31(47)30(38)22-29)40-17-19-51-21-20-50-18-16-39-32(48)25-4-2-1-3-5-25/h1-15,22,47H,16-21,23H2,(H,39,48)(H,41,49)(H3,40,42,43,44,45,46). The molecule has 5 aromatic rings. The number of carbonyl (C=O) groups is 2. The number of phenolic OH excluding ortho intramolecular Hbond substituents is 1. The second kappa shape index (κ2) is 18.5. The van der Waals surface area contributed by atoms with Gasteiger partial charge in [0.2, 0.25) is 17.8 Å². The van der Waals surface area contributed by atoms with Gasteiger partial charge in [0.15, 0.2) is 11.6 Å². The van der Waals surface area contributed by atoms with Crippen LogP contribution in [0.4, 0.5) is 38.0 Å². The van der Waals surface area contributed by atoms with Gasteiger partial charge in [0.05, 0.1) is 26.4 Å². The van der Waals surface area contributed by atoms with Gasteiger partial charge in [-0.25, -0.2) is 8.78 Å². The molecule has 1 aromatic heterocycles. The molecule has 15 heteroatoms. The van der Waals surface area contributed by atoms with Crippen molar-refractivity contribution in [2.24, 2.45) is 0 Å². The molecule has 0 radical (unpaired) electrons. The first-order chi connectivity index (χ1) is 24.8. The highest BCUT2D eigenvalue weighted by Crippen LogP contribution is 2.23. The molecule has 0 atom stereocenters. The number of hydrogen-bond donors (Lipinski definition) is 6. The number of phenols is 1. The number of nitrogens with zero attached hydrogens (tertiary/aromatic N) is 3. The molecule has 0 unspecified atom stereocenters. The van der Waals surface area contributed by atoms with Crippen molar-refractivity contribution in [2.75, 3.05) is 55.5 Å². The summed E-state index contributed by atoms with van der Waals surface area (Å²) in [7, 11) is 0. The molecule has 0 aliphatic carbocycles. The molecule has 264 valence electrons. The molecule has 0 aliphatic rings. The van der Waals surface area contributed by atoms with Gasteiger partial charge in [0, 0.05) is 48.2 Å². The van der Waals surface area contributed by atoms with Crippen LogP contribution in [-0.2, 0) is 16.0 Å². The maximum atomic E-state index is 14.0. The molecule has 1 heterocycles. The third-order valence-electron chi connectivity index (χ3n) is 7.08. The molecular weight excluding hydrogens is 662 g/mol. The van der Waals surface area contributed by atoms with Crippen LogP contribution in [0.3, 0.4) is 0 Å². The first kappa shape index (κ1) is 36.1. The summed E-state index contributed by atoms with van der Waals surface area (Å²) in [6.45, 7) is 2.27. The van der Waals surface area contributed by atoms with E-state index < -0.39 is 11.6 Å². The fourth-order valence-corrected chi connectivity index (χ4v) is 4.49. The molecule has 2 amide bonds. The SMILES string of the molecule is O=C(NCCOCCOCCNc1nc(Nc2ccc(C(=O)NCc3ccc(F)cc3)cc2)nc(Nc2ccc(O)c(F)c2)n1)c1ccccc1. The minimum atomic E-state index is -0.814. The molecule has 5 rings (SSSR count). The van der Waals surface area contributed by atoms with Gasteiger partial charge in [-0.2, -0.15) is 15.0 Å². The largest absolute Gasteiger partial charge is 0.505 e. The van der Waals surface area contributed by atoms with E-state index in [-0.39, 0.29) is 42.0 Å². The van der Waals surface area contributed by atoms with Gasteiger partial charge in [0.25, 0.3) is 11.8 Å². The lowest BCUT2D eigenvalue weighted by molar-refractivity contribution is 0.0519. The molecule has 0 bridgehead atoms. The van der Waals surface area contributed by atoms with E-state index in [1.54, 1.807) is 60.7 Å². The Hall–Kier alpha value is -6.19. The number of anilines is 5. The fourth-order valence-electron chi connectivity index (χ4n) is 4.49. The molecule has 51 heavy (non-hydrogen) atoms. The number of nitrogens with one attached hydrogen (secondary N) is 5. The normalized spacial score (nSPS) is 10.7. The predicted octanol–water partition coefficient (Wildman–Crippen LogP) is 5.15. The number of hydrogen-bond acceptors (Lipinski definition) is 11. The van der Waals surface area contributed by atoms with Crippen LogP contribution < -0.4 is 26.6 Å². The highest BCUT2D eigenvalue weighted by atomic mass is 19.1. The smallest absolute Gasteiger partial charge is 0.251 e. The second-order valence-corrected chi connectivity index (χ2v) is 10.9. The Morgan fingerprint density at radius 2 is 1.22 bits per heavy atom. The van der Waals surface area contributed by atoms with Gasteiger partial charge in [-0.15, -0.1) is 0 Å². The zero-order valence-electron chi connectivity index (χ0n) is 27.4. The summed E-state index contributed by atoms with van der Waals surface area (Å²) in [6.07, 6.45) is 0. The predicted molar refractivity (Wildman–Crippen MR) is 187 cm³/mol. The number of benzene rings is 4. The number of rotatable bonds is 18. The molecular formula is C36H36F2N8O5. The Kier molecular flexibility index (Phi) is 13.1. The topological polar surface area (TPSA) is 172 Å². The Morgan fingerprint density at radius 3 is 1.90 bits per heavy atom. The van der Waals surface area contributed by atoms with E-state index in [0.29, 0.717) is 62.0 Å². The van der Waals surface area contributed by atoms with Crippen molar-refractivity contribution < 1.29 is 33.0 Å². The maximum Gasteiger partial charge on any atom is 0.251 e. The number of carbonyl (C=O) groups excluding carboxylic acids is 2. The van der Waals surface area contributed by atoms with Gasteiger partial charge in [0.1, 0.15) is 5.82 Å². The average molecular weight is 699 g/mol. The summed E-state index contributed by atoms with van der Waals surface area (Å²) in [4.78, 5) is 37.8. The summed E-state index contributed by atoms with van der Waals surface area (Å²) >= 11 is 0. The van der Waals surface area contributed by atoms with Crippen molar-refractivity contribution in [3.05, 3.63) is 125 Å². The van der Waals surface area contributed by atoms with E-state index in [2.05, 4.69) is 41.5 Å². The molecule has 6 N–H and O–H groups in total. The van der Waals surface area contributed by atoms with Crippen molar-refractivity contribution in [2.45, 2.75) is 6.54 Å². The Bertz CT molecular complexity index is 1880. The first-order valence-electron chi connectivity index (χ1n) is 16.0. The van der Waals surface area contributed by atoms with Gasteiger partial charge in [-0.05, 0) is 66.2 Å². The number of amides is 2. The van der Waals surface area contributed by atoms with E-state index in [9.17, 15) is 23.5 Å². The van der Waals surface area contributed by atoms with Crippen LogP contribution in [0.5, 0.6) is 5.75 Å². The quantitative estimate of drug-likeness (QED) is 0.0528. The number of halogens is 2. The Balaban J connectivity index is 1.11. The lowest BCUT2D eigenvalue weighted by Gasteiger charge is -2.12. The highest BCUT2D eigenvalue weighted by Gasteiger charge is 2.11. The van der Waals surface area contributed by atoms with E-state index in [1.165, 1.54) is 24.3 Å². The third-order valence-corrected chi connectivity index (χ3v) is 7.08. The lowest BCUT2D eigenvalue weighted by Crippen LogP contribution is -2.27. The number of aromatic nitrogens is 3. The lowest BCUT2D eigenvalue weighted by atomic mass is 10.1. The summed E-state index contributed by atoms with van der Waals surface area (Å²) in [5.74, 6) is -1.68. The third kappa shape index (κ3) is 11.7. The minimum absolute atomic E-state index is 0.0885.